The summed E-state index contributed by atoms with van der Waals surface area (Å²) in [6.45, 7) is -0.352. The maximum Gasteiger partial charge on any atom is 0.312 e. The monoisotopic (exact) mass is 384 g/mol. The summed E-state index contributed by atoms with van der Waals surface area (Å²) in [7, 11) is 0. The molecule has 2 aromatic carbocycles. The van der Waals surface area contributed by atoms with E-state index in [4.69, 9.17) is 16.3 Å². The molecule has 0 bridgehead atoms. The molecule has 0 aromatic heterocycles. The Morgan fingerprint density at radius 3 is 2.77 bits per heavy atom. The molecule has 0 spiro atoms. The van der Waals surface area contributed by atoms with Crippen molar-refractivity contribution in [1.29, 1.82) is 0 Å². The maximum absolute atomic E-state index is 11.8. The SMILES string of the molecule is O=C(COc1ccc(Cl)cc1[N+](=O)[O-])Nc1cccc(Br)c1. The highest BCUT2D eigenvalue weighted by atomic mass is 79.9. The highest BCUT2D eigenvalue weighted by Crippen LogP contribution is 2.29. The molecule has 0 aliphatic rings. The van der Waals surface area contributed by atoms with Crippen LogP contribution in [0.4, 0.5) is 11.4 Å². The fourth-order valence-corrected chi connectivity index (χ4v) is 2.23. The van der Waals surface area contributed by atoms with Crippen molar-refractivity contribution >= 4 is 44.8 Å². The lowest BCUT2D eigenvalue weighted by molar-refractivity contribution is -0.385. The average molecular weight is 386 g/mol. The summed E-state index contributed by atoms with van der Waals surface area (Å²) in [5.41, 5.74) is 0.302. The van der Waals surface area contributed by atoms with Gasteiger partial charge in [-0.2, -0.15) is 0 Å². The largest absolute Gasteiger partial charge is 0.477 e. The van der Waals surface area contributed by atoms with Crippen LogP contribution in [0.3, 0.4) is 0 Å². The predicted octanol–water partition coefficient (Wildman–Crippen LogP) is 4.03. The molecule has 22 heavy (non-hydrogen) atoms. The Morgan fingerprint density at radius 2 is 2.09 bits per heavy atom. The van der Waals surface area contributed by atoms with Gasteiger partial charge in [0.1, 0.15) is 0 Å². The number of carbonyl (C=O) groups is 1. The van der Waals surface area contributed by atoms with E-state index < -0.39 is 10.8 Å². The molecule has 1 amide bonds. The molecule has 0 aliphatic carbocycles. The molecule has 8 heteroatoms. The second-order valence-electron chi connectivity index (χ2n) is 4.22. The Labute approximate surface area is 139 Å². The first-order valence-corrected chi connectivity index (χ1v) is 7.25. The number of nitro groups is 1. The Balaban J connectivity index is 2.01. The molecule has 2 aromatic rings. The van der Waals surface area contributed by atoms with Crippen molar-refractivity contribution < 1.29 is 14.5 Å². The first kappa shape index (κ1) is 16.3. The minimum atomic E-state index is -0.618. The summed E-state index contributed by atoms with van der Waals surface area (Å²) >= 11 is 8.99. The number of nitrogens with one attached hydrogen (secondary N) is 1. The highest BCUT2D eigenvalue weighted by Gasteiger charge is 2.16. The Bertz CT molecular complexity index is 724. The number of nitro benzene ring substituents is 1. The molecule has 0 fully saturated rings. The summed E-state index contributed by atoms with van der Waals surface area (Å²) in [6, 6.07) is 11.0. The number of hydrogen-bond acceptors (Lipinski definition) is 4. The van der Waals surface area contributed by atoms with Crippen LogP contribution in [0.5, 0.6) is 5.75 Å². The molecule has 0 atom stereocenters. The van der Waals surface area contributed by atoms with Crippen molar-refractivity contribution in [1.82, 2.24) is 0 Å². The first-order valence-electron chi connectivity index (χ1n) is 6.08. The van der Waals surface area contributed by atoms with Gasteiger partial charge in [-0.05, 0) is 30.3 Å². The van der Waals surface area contributed by atoms with Crippen molar-refractivity contribution in [3.05, 3.63) is 62.1 Å². The van der Waals surface area contributed by atoms with E-state index in [1.807, 2.05) is 6.07 Å². The van der Waals surface area contributed by atoms with Gasteiger partial charge in [0.2, 0.25) is 0 Å². The second-order valence-corrected chi connectivity index (χ2v) is 5.57. The maximum atomic E-state index is 11.8. The Kier molecular flexibility index (Phi) is 5.35. The van der Waals surface area contributed by atoms with Crippen LogP contribution in [0.2, 0.25) is 5.02 Å². The molecule has 2 rings (SSSR count). The molecular weight excluding hydrogens is 376 g/mol. The third-order valence-corrected chi connectivity index (χ3v) is 3.31. The molecule has 0 heterocycles. The van der Waals surface area contributed by atoms with Crippen LogP contribution < -0.4 is 10.1 Å². The normalized spacial score (nSPS) is 10.1. The average Bonchev–Trinajstić information content (AvgIpc) is 2.45. The van der Waals surface area contributed by atoms with Gasteiger partial charge in [-0.1, -0.05) is 33.6 Å². The van der Waals surface area contributed by atoms with Gasteiger partial charge < -0.3 is 10.1 Å². The van der Waals surface area contributed by atoms with E-state index in [1.54, 1.807) is 18.2 Å². The Morgan fingerprint density at radius 1 is 1.32 bits per heavy atom. The van der Waals surface area contributed by atoms with Crippen molar-refractivity contribution in [2.75, 3.05) is 11.9 Å². The van der Waals surface area contributed by atoms with Gasteiger partial charge in [-0.25, -0.2) is 0 Å². The fraction of sp³-hybridized carbons (Fsp3) is 0.0714. The van der Waals surface area contributed by atoms with E-state index in [1.165, 1.54) is 18.2 Å². The molecule has 0 saturated heterocycles. The summed E-state index contributed by atoms with van der Waals surface area (Å²) in [6.07, 6.45) is 0. The van der Waals surface area contributed by atoms with Crippen LogP contribution >= 0.6 is 27.5 Å². The number of rotatable bonds is 5. The van der Waals surface area contributed by atoms with E-state index in [9.17, 15) is 14.9 Å². The Hall–Kier alpha value is -2.12. The molecule has 0 saturated carbocycles. The molecule has 1 N–H and O–H groups in total. The predicted molar refractivity (Wildman–Crippen MR) is 86.4 cm³/mol. The van der Waals surface area contributed by atoms with E-state index in [2.05, 4.69) is 21.2 Å². The lowest BCUT2D eigenvalue weighted by Gasteiger charge is -2.08. The van der Waals surface area contributed by atoms with Gasteiger partial charge >= 0.3 is 5.69 Å². The van der Waals surface area contributed by atoms with Crippen LogP contribution in [0, 0.1) is 10.1 Å². The molecule has 0 radical (unpaired) electrons. The number of carbonyl (C=O) groups excluding carboxylic acids is 1. The number of amides is 1. The van der Waals surface area contributed by atoms with E-state index >= 15 is 0 Å². The van der Waals surface area contributed by atoms with Crippen molar-refractivity contribution in [3.8, 4) is 5.75 Å². The third kappa shape index (κ3) is 4.44. The zero-order chi connectivity index (χ0) is 16.1. The van der Waals surface area contributed by atoms with Crippen molar-refractivity contribution in [2.45, 2.75) is 0 Å². The zero-order valence-electron chi connectivity index (χ0n) is 11.1. The minimum Gasteiger partial charge on any atom is -0.477 e. The van der Waals surface area contributed by atoms with Crippen LogP contribution in [-0.2, 0) is 4.79 Å². The topological polar surface area (TPSA) is 81.5 Å². The molecule has 6 nitrogen and oxygen atoms in total. The third-order valence-electron chi connectivity index (χ3n) is 2.58. The summed E-state index contributed by atoms with van der Waals surface area (Å²) in [4.78, 5) is 22.1. The number of benzene rings is 2. The van der Waals surface area contributed by atoms with Gasteiger partial charge in [0.25, 0.3) is 5.91 Å². The van der Waals surface area contributed by atoms with E-state index in [0.29, 0.717) is 5.69 Å². The van der Waals surface area contributed by atoms with Gasteiger partial charge in [0.05, 0.1) is 4.92 Å². The van der Waals surface area contributed by atoms with Gasteiger partial charge in [0.15, 0.2) is 12.4 Å². The van der Waals surface area contributed by atoms with Gasteiger partial charge in [-0.15, -0.1) is 0 Å². The van der Waals surface area contributed by atoms with Gasteiger partial charge in [-0.3, -0.25) is 14.9 Å². The number of anilines is 1. The van der Waals surface area contributed by atoms with E-state index in [-0.39, 0.29) is 23.1 Å². The number of halogens is 2. The van der Waals surface area contributed by atoms with Crippen molar-refractivity contribution in [3.63, 3.8) is 0 Å². The summed E-state index contributed by atoms with van der Waals surface area (Å²) in [5.74, 6) is -0.443. The lowest BCUT2D eigenvalue weighted by Crippen LogP contribution is -2.20. The first-order chi connectivity index (χ1) is 10.5. The summed E-state index contributed by atoms with van der Waals surface area (Å²) in [5, 5.41) is 13.8. The second kappa shape index (κ2) is 7.24. The highest BCUT2D eigenvalue weighted by molar-refractivity contribution is 9.10. The lowest BCUT2D eigenvalue weighted by atomic mass is 10.3. The fourth-order valence-electron chi connectivity index (χ4n) is 1.66. The van der Waals surface area contributed by atoms with Crippen molar-refractivity contribution in [2.24, 2.45) is 0 Å². The standard InChI is InChI=1S/C14H10BrClN2O4/c15-9-2-1-3-11(6-9)17-14(19)8-22-13-5-4-10(16)7-12(13)18(20)21/h1-7H,8H2,(H,17,19). The molecule has 0 aliphatic heterocycles. The number of hydrogen-bond donors (Lipinski definition) is 1. The van der Waals surface area contributed by atoms with Crippen LogP contribution in [0.1, 0.15) is 0 Å². The number of nitrogens with zero attached hydrogens (tertiary/aromatic N) is 1. The van der Waals surface area contributed by atoms with Crippen LogP contribution in [0.15, 0.2) is 46.9 Å². The molecule has 0 unspecified atom stereocenters. The van der Waals surface area contributed by atoms with E-state index in [0.717, 1.165) is 4.47 Å². The minimum absolute atomic E-state index is 0.0150. The summed E-state index contributed by atoms with van der Waals surface area (Å²) < 4.78 is 6.01. The molecule has 114 valence electrons. The van der Waals surface area contributed by atoms with Gasteiger partial charge in [0, 0.05) is 21.2 Å². The zero-order valence-corrected chi connectivity index (χ0v) is 13.4. The quantitative estimate of drug-likeness (QED) is 0.622. The molecular formula is C14H10BrClN2O4. The number of ether oxygens (including phenoxy) is 1. The van der Waals surface area contributed by atoms with Crippen LogP contribution in [-0.4, -0.2) is 17.4 Å². The smallest absolute Gasteiger partial charge is 0.312 e. The van der Waals surface area contributed by atoms with Crippen LogP contribution in [0.25, 0.3) is 0 Å².